The number of amides is 1. The van der Waals surface area contributed by atoms with Crippen molar-refractivity contribution in [3.63, 3.8) is 0 Å². The second-order valence-electron chi connectivity index (χ2n) is 12.7. The summed E-state index contributed by atoms with van der Waals surface area (Å²) in [5.74, 6) is 2.50. The number of nitrogens with two attached hydrogens (primary N) is 1. The zero-order chi connectivity index (χ0) is 31.1. The van der Waals surface area contributed by atoms with E-state index in [0.717, 1.165) is 58.7 Å². The number of aryl methyl sites for hydroxylation is 1. The number of carbonyl (C=O) groups excluding carboxylic acids is 1. The molecule has 1 amide bonds. The molecule has 2 aliphatic carbocycles. The van der Waals surface area contributed by atoms with E-state index >= 15 is 0 Å². The molecule has 232 valence electrons. The maximum Gasteiger partial charge on any atom is 0.254 e. The predicted molar refractivity (Wildman–Crippen MR) is 173 cm³/mol. The van der Waals surface area contributed by atoms with Crippen molar-refractivity contribution in [2.75, 3.05) is 20.8 Å². The third-order valence-electron chi connectivity index (χ3n) is 9.97. The molecule has 10 nitrogen and oxygen atoms in total. The second-order valence-corrected chi connectivity index (χ2v) is 13.1. The van der Waals surface area contributed by atoms with Crippen LogP contribution in [0.25, 0.3) is 44.8 Å². The molecule has 4 heterocycles. The lowest BCUT2D eigenvalue weighted by Crippen LogP contribution is -2.41. The van der Waals surface area contributed by atoms with E-state index in [1.807, 2.05) is 40.8 Å². The minimum absolute atomic E-state index is 0.0180. The topological polar surface area (TPSA) is 121 Å². The van der Waals surface area contributed by atoms with Crippen LogP contribution < -0.4 is 15.2 Å². The van der Waals surface area contributed by atoms with Crippen molar-refractivity contribution in [1.82, 2.24) is 24.0 Å². The molecule has 3 atom stereocenters. The van der Waals surface area contributed by atoms with E-state index in [4.69, 9.17) is 36.8 Å². The number of carbonyl (C=O) groups is 1. The van der Waals surface area contributed by atoms with Gasteiger partial charge in [0.2, 0.25) is 0 Å². The Morgan fingerprint density at radius 2 is 1.84 bits per heavy atom. The van der Waals surface area contributed by atoms with Gasteiger partial charge < -0.3 is 34.3 Å². The SMILES string of the molecule is COc1cc(-c2ccc3cc(-c4nc5cc(C(=O)N6CC7CCC6[C@@H]7N)cc(OC)c5n4C)n(CC4CC4)c3n2)cc(Cl)c1O. The molecule has 1 saturated heterocycles. The van der Waals surface area contributed by atoms with Crippen LogP contribution in [0.5, 0.6) is 17.2 Å². The fourth-order valence-corrected chi connectivity index (χ4v) is 7.57. The number of imidazole rings is 1. The number of phenolic OH excluding ortho intramolecular Hbond substituents is 1. The largest absolute Gasteiger partial charge is 0.503 e. The summed E-state index contributed by atoms with van der Waals surface area (Å²) in [5.41, 5.74) is 11.8. The van der Waals surface area contributed by atoms with Crippen molar-refractivity contribution in [2.45, 2.75) is 44.3 Å². The zero-order valence-corrected chi connectivity index (χ0v) is 26.2. The summed E-state index contributed by atoms with van der Waals surface area (Å²) >= 11 is 6.32. The molecule has 8 rings (SSSR count). The lowest BCUT2D eigenvalue weighted by atomic mass is 10.1. The van der Waals surface area contributed by atoms with Gasteiger partial charge in [-0.1, -0.05) is 11.6 Å². The molecular formula is C34H35ClN6O4. The van der Waals surface area contributed by atoms with Crippen molar-refractivity contribution in [2.24, 2.45) is 24.6 Å². The Morgan fingerprint density at radius 3 is 2.53 bits per heavy atom. The molecule has 2 aromatic carbocycles. The van der Waals surface area contributed by atoms with E-state index in [-0.39, 0.29) is 28.8 Å². The quantitative estimate of drug-likeness (QED) is 0.241. The number of halogens is 1. The number of methoxy groups -OCH3 is 2. The summed E-state index contributed by atoms with van der Waals surface area (Å²) in [5, 5.41) is 11.4. The first-order chi connectivity index (χ1) is 21.7. The molecule has 3 aliphatic rings. The minimum Gasteiger partial charge on any atom is -0.503 e. The third-order valence-corrected chi connectivity index (χ3v) is 10.3. The van der Waals surface area contributed by atoms with Gasteiger partial charge in [-0.25, -0.2) is 9.97 Å². The Labute approximate surface area is 265 Å². The zero-order valence-electron chi connectivity index (χ0n) is 25.5. The monoisotopic (exact) mass is 626 g/mol. The number of phenols is 1. The number of nitrogens with zero attached hydrogens (tertiary/aromatic N) is 5. The van der Waals surface area contributed by atoms with E-state index in [9.17, 15) is 9.90 Å². The first-order valence-corrected chi connectivity index (χ1v) is 15.8. The first kappa shape index (κ1) is 28.2. The fourth-order valence-electron chi connectivity index (χ4n) is 7.36. The maximum absolute atomic E-state index is 13.7. The van der Waals surface area contributed by atoms with E-state index in [2.05, 4.69) is 10.6 Å². The third kappa shape index (κ3) is 4.45. The molecule has 2 bridgehead atoms. The lowest BCUT2D eigenvalue weighted by Gasteiger charge is -2.27. The summed E-state index contributed by atoms with van der Waals surface area (Å²) in [6.07, 6.45) is 4.39. The van der Waals surface area contributed by atoms with Crippen molar-refractivity contribution >= 4 is 39.6 Å². The Bertz CT molecular complexity index is 2010. The van der Waals surface area contributed by atoms with Gasteiger partial charge in [-0.3, -0.25) is 4.79 Å². The highest BCUT2D eigenvalue weighted by Crippen LogP contribution is 2.42. The van der Waals surface area contributed by atoms with Gasteiger partial charge >= 0.3 is 0 Å². The molecule has 2 saturated carbocycles. The molecule has 0 spiro atoms. The molecule has 45 heavy (non-hydrogen) atoms. The van der Waals surface area contributed by atoms with Crippen LogP contribution in [0.2, 0.25) is 5.02 Å². The molecule has 2 unspecified atom stereocenters. The Balaban J connectivity index is 1.24. The Kier molecular flexibility index (Phi) is 6.51. The number of fused-ring (bicyclic) bond motifs is 4. The summed E-state index contributed by atoms with van der Waals surface area (Å²) in [7, 11) is 5.11. The first-order valence-electron chi connectivity index (χ1n) is 15.4. The number of ether oxygens (including phenoxy) is 2. The van der Waals surface area contributed by atoms with Crippen LogP contribution in [0.4, 0.5) is 0 Å². The second kappa shape index (κ2) is 10.4. The van der Waals surface area contributed by atoms with Crippen molar-refractivity contribution < 1.29 is 19.4 Å². The number of likely N-dealkylation sites (tertiary alicyclic amines) is 1. The normalized spacial score (nSPS) is 20.9. The van der Waals surface area contributed by atoms with Gasteiger partial charge in [0.25, 0.3) is 5.91 Å². The number of pyridine rings is 1. The van der Waals surface area contributed by atoms with E-state index in [0.29, 0.717) is 41.0 Å². The molecule has 3 fully saturated rings. The highest BCUT2D eigenvalue weighted by Gasteiger charge is 2.47. The van der Waals surface area contributed by atoms with Crippen LogP contribution in [0.3, 0.4) is 0 Å². The Morgan fingerprint density at radius 1 is 1.04 bits per heavy atom. The highest BCUT2D eigenvalue weighted by atomic mass is 35.5. The summed E-state index contributed by atoms with van der Waals surface area (Å²) < 4.78 is 15.5. The number of rotatable bonds is 7. The van der Waals surface area contributed by atoms with Crippen molar-refractivity contribution in [1.29, 1.82) is 0 Å². The van der Waals surface area contributed by atoms with Crippen LogP contribution >= 0.6 is 11.6 Å². The number of piperidine rings is 1. The summed E-state index contributed by atoms with van der Waals surface area (Å²) in [6.45, 7) is 1.52. The number of aromatic nitrogens is 4. The maximum atomic E-state index is 13.7. The summed E-state index contributed by atoms with van der Waals surface area (Å²) in [4.78, 5) is 25.9. The average Bonchev–Trinajstić information content (AvgIpc) is 3.45. The van der Waals surface area contributed by atoms with Crippen LogP contribution in [0.1, 0.15) is 36.0 Å². The Hall–Kier alpha value is -4.28. The predicted octanol–water partition coefficient (Wildman–Crippen LogP) is 5.60. The van der Waals surface area contributed by atoms with Crippen molar-refractivity contribution in [3.05, 3.63) is 53.1 Å². The molecule has 0 radical (unpaired) electrons. The molecule has 11 heteroatoms. The summed E-state index contributed by atoms with van der Waals surface area (Å²) in [6, 6.07) is 13.4. The lowest BCUT2D eigenvalue weighted by molar-refractivity contribution is 0.0700. The van der Waals surface area contributed by atoms with Gasteiger partial charge in [-0.05, 0) is 80.0 Å². The van der Waals surface area contributed by atoms with Crippen LogP contribution in [0, 0.1) is 11.8 Å². The minimum atomic E-state index is -0.0956. The smallest absolute Gasteiger partial charge is 0.254 e. The van der Waals surface area contributed by atoms with Gasteiger partial charge in [-0.2, -0.15) is 0 Å². The van der Waals surface area contributed by atoms with Crippen LogP contribution in [-0.2, 0) is 13.6 Å². The number of hydrogen-bond acceptors (Lipinski definition) is 7. The van der Waals surface area contributed by atoms with Gasteiger partial charge in [-0.15, -0.1) is 0 Å². The molecule has 1 aliphatic heterocycles. The number of benzene rings is 2. The molecule has 5 aromatic rings. The number of hydrogen-bond donors (Lipinski definition) is 2. The van der Waals surface area contributed by atoms with Gasteiger partial charge in [0.15, 0.2) is 17.3 Å². The van der Waals surface area contributed by atoms with E-state index in [1.165, 1.54) is 20.0 Å². The highest BCUT2D eigenvalue weighted by molar-refractivity contribution is 6.32. The average molecular weight is 627 g/mol. The van der Waals surface area contributed by atoms with Gasteiger partial charge in [0.05, 0.1) is 36.1 Å². The van der Waals surface area contributed by atoms with Crippen LogP contribution in [-0.4, -0.2) is 67.9 Å². The van der Waals surface area contributed by atoms with Gasteiger partial charge in [0, 0.05) is 48.7 Å². The van der Waals surface area contributed by atoms with Gasteiger partial charge in [0.1, 0.15) is 16.9 Å². The van der Waals surface area contributed by atoms with E-state index in [1.54, 1.807) is 19.2 Å². The van der Waals surface area contributed by atoms with Crippen LogP contribution in [0.15, 0.2) is 42.5 Å². The standard InChI is InChI=1S/C34H35ClN6O4/c1-39-30-24(11-21(14-27(30)44-2)34(43)41-16-19-7-9-25(41)29(19)36)38-33(39)26-12-18-6-8-23(37-32(18)40(26)15-17-4-5-17)20-10-22(35)31(42)28(13-20)45-3/h6,8,10-14,17,19,25,29,42H,4-5,7,9,15-16,36H2,1-3H3/t19?,25?,29-/m1/s1. The van der Waals surface area contributed by atoms with Crippen molar-refractivity contribution in [3.8, 4) is 40.0 Å². The molecule has 3 aromatic heterocycles. The number of aromatic hydroxyl groups is 1. The molecular weight excluding hydrogens is 592 g/mol. The van der Waals surface area contributed by atoms with E-state index < -0.39 is 0 Å². The fraction of sp³-hybridized carbons (Fsp3) is 0.382. The molecule has 3 N–H and O–H groups in total.